The first-order valence-corrected chi connectivity index (χ1v) is 11.0. The Hall–Kier alpha value is -3.30. The van der Waals surface area contributed by atoms with Gasteiger partial charge in [0.15, 0.2) is 0 Å². The van der Waals surface area contributed by atoms with Gasteiger partial charge in [-0.2, -0.15) is 4.31 Å². The maximum atomic E-state index is 12.7. The molecule has 0 atom stereocenters. The summed E-state index contributed by atoms with van der Waals surface area (Å²) in [5, 5.41) is 1.22. The summed E-state index contributed by atoms with van der Waals surface area (Å²) in [6, 6.07) is 12.7. The summed E-state index contributed by atoms with van der Waals surface area (Å²) in [4.78, 5) is 22.7. The second-order valence-corrected chi connectivity index (χ2v) is 8.64. The number of hydrogen-bond donors (Lipinski definition) is 0. The van der Waals surface area contributed by atoms with Gasteiger partial charge in [-0.1, -0.05) is 30.3 Å². The number of rotatable bonds is 5. The van der Waals surface area contributed by atoms with E-state index in [1.54, 1.807) is 46.4 Å². The molecule has 4 rings (SSSR count). The molecule has 0 aliphatic carbocycles. The van der Waals surface area contributed by atoms with Crippen molar-refractivity contribution in [3.05, 3.63) is 83.9 Å². The molecule has 0 radical (unpaired) electrons. The molecular weight excluding hydrogens is 402 g/mol. The van der Waals surface area contributed by atoms with Crippen molar-refractivity contribution in [1.82, 2.24) is 23.7 Å². The molecule has 0 unspecified atom stereocenters. The minimum Gasteiger partial charge on any atom is -0.336 e. The van der Waals surface area contributed by atoms with Gasteiger partial charge in [0.25, 0.3) is 5.91 Å². The molecule has 1 aromatic carbocycles. The Bertz CT molecular complexity index is 1120. The number of nitrogens with zero attached hydrogens (tertiary/aromatic N) is 5. The Morgan fingerprint density at radius 3 is 2.40 bits per heavy atom. The average Bonchev–Trinajstić information content (AvgIpc) is 3.33. The van der Waals surface area contributed by atoms with Crippen LogP contribution in [0, 0.1) is 0 Å². The minimum atomic E-state index is -3.53. The van der Waals surface area contributed by atoms with Gasteiger partial charge in [0.2, 0.25) is 10.0 Å². The number of piperazine rings is 1. The van der Waals surface area contributed by atoms with Crippen LogP contribution in [0.1, 0.15) is 15.9 Å². The second kappa shape index (κ2) is 8.60. The van der Waals surface area contributed by atoms with Crippen molar-refractivity contribution >= 4 is 22.0 Å². The fourth-order valence-electron chi connectivity index (χ4n) is 3.20. The normalized spacial score (nSPS) is 15.5. The lowest BCUT2D eigenvalue weighted by Crippen LogP contribution is -2.50. The summed E-state index contributed by atoms with van der Waals surface area (Å²) in [6.45, 7) is 1.18. The van der Waals surface area contributed by atoms with Crippen molar-refractivity contribution in [1.29, 1.82) is 0 Å². The third-order valence-corrected chi connectivity index (χ3v) is 6.45. The van der Waals surface area contributed by atoms with Crippen molar-refractivity contribution in [2.45, 2.75) is 0 Å². The third-order valence-electron chi connectivity index (χ3n) is 4.88. The summed E-state index contributed by atoms with van der Waals surface area (Å²) < 4.78 is 28.3. The van der Waals surface area contributed by atoms with Gasteiger partial charge in [-0.3, -0.25) is 9.36 Å². The molecule has 1 amide bonds. The summed E-state index contributed by atoms with van der Waals surface area (Å²) in [5.74, 6) is 0.515. The van der Waals surface area contributed by atoms with E-state index in [1.807, 2.05) is 30.3 Å². The first-order chi connectivity index (χ1) is 14.5. The average molecular weight is 423 g/mol. The molecule has 3 aromatic rings. The predicted molar refractivity (Wildman–Crippen MR) is 113 cm³/mol. The van der Waals surface area contributed by atoms with Crippen molar-refractivity contribution < 1.29 is 13.2 Å². The smallest absolute Gasteiger partial charge is 0.255 e. The summed E-state index contributed by atoms with van der Waals surface area (Å²) in [5.41, 5.74) is 1.29. The van der Waals surface area contributed by atoms with Gasteiger partial charge >= 0.3 is 0 Å². The largest absolute Gasteiger partial charge is 0.336 e. The molecule has 154 valence electrons. The van der Waals surface area contributed by atoms with Gasteiger partial charge in [0, 0.05) is 50.2 Å². The topological polar surface area (TPSA) is 88.4 Å². The van der Waals surface area contributed by atoms with E-state index in [0.29, 0.717) is 24.5 Å². The van der Waals surface area contributed by atoms with E-state index in [0.717, 1.165) is 5.56 Å². The predicted octanol–water partition coefficient (Wildman–Crippen LogP) is 2.03. The molecule has 0 N–H and O–H groups in total. The Labute approximate surface area is 175 Å². The number of hydrogen-bond acceptors (Lipinski definition) is 5. The van der Waals surface area contributed by atoms with E-state index in [1.165, 1.54) is 15.9 Å². The standard InChI is InChI=1S/C21H21N5O3S/c27-21(19-6-7-20(23-16-19)25-10-9-22-17-25)24-11-13-26(14-12-24)30(28,29)15-8-18-4-2-1-3-5-18/h1-10,15-17H,11-14H2/b15-8+. The Kier molecular flexibility index (Phi) is 5.73. The van der Waals surface area contributed by atoms with E-state index in [-0.39, 0.29) is 19.0 Å². The quantitative estimate of drug-likeness (QED) is 0.627. The zero-order valence-corrected chi connectivity index (χ0v) is 17.0. The lowest BCUT2D eigenvalue weighted by atomic mass is 10.2. The molecule has 1 saturated heterocycles. The third kappa shape index (κ3) is 4.47. The molecular formula is C21H21N5O3S. The fraction of sp³-hybridized carbons (Fsp3) is 0.190. The number of pyridine rings is 1. The number of carbonyl (C=O) groups excluding carboxylic acids is 1. The van der Waals surface area contributed by atoms with Crippen LogP contribution < -0.4 is 0 Å². The Morgan fingerprint density at radius 2 is 1.77 bits per heavy atom. The highest BCUT2D eigenvalue weighted by Crippen LogP contribution is 2.14. The number of aromatic nitrogens is 3. The monoisotopic (exact) mass is 423 g/mol. The molecule has 1 aliphatic rings. The first-order valence-electron chi connectivity index (χ1n) is 9.50. The molecule has 3 heterocycles. The second-order valence-electron chi connectivity index (χ2n) is 6.82. The summed E-state index contributed by atoms with van der Waals surface area (Å²) >= 11 is 0. The number of benzene rings is 1. The van der Waals surface area contributed by atoms with Crippen LogP contribution >= 0.6 is 0 Å². The maximum Gasteiger partial charge on any atom is 0.255 e. The minimum absolute atomic E-state index is 0.156. The van der Waals surface area contributed by atoms with Gasteiger partial charge in [-0.25, -0.2) is 18.4 Å². The molecule has 30 heavy (non-hydrogen) atoms. The zero-order chi connectivity index (χ0) is 21.0. The van der Waals surface area contributed by atoms with E-state index in [2.05, 4.69) is 9.97 Å². The van der Waals surface area contributed by atoms with Crippen LogP contribution in [0.5, 0.6) is 0 Å². The van der Waals surface area contributed by atoms with E-state index >= 15 is 0 Å². The van der Waals surface area contributed by atoms with E-state index in [9.17, 15) is 13.2 Å². The van der Waals surface area contributed by atoms with Crippen molar-refractivity contribution in [3.63, 3.8) is 0 Å². The van der Waals surface area contributed by atoms with Crippen LogP contribution in [0.15, 0.2) is 72.8 Å². The van der Waals surface area contributed by atoms with Gasteiger partial charge in [-0.05, 0) is 23.8 Å². The molecule has 2 aromatic heterocycles. The molecule has 0 bridgehead atoms. The van der Waals surface area contributed by atoms with Crippen LogP contribution in [0.25, 0.3) is 11.9 Å². The van der Waals surface area contributed by atoms with Crippen molar-refractivity contribution in [2.75, 3.05) is 26.2 Å². The number of sulfonamides is 1. The summed E-state index contributed by atoms with van der Waals surface area (Å²) in [6.07, 6.45) is 8.18. The van der Waals surface area contributed by atoms with Gasteiger partial charge < -0.3 is 4.90 Å². The highest BCUT2D eigenvalue weighted by atomic mass is 32.2. The fourth-order valence-corrected chi connectivity index (χ4v) is 4.38. The van der Waals surface area contributed by atoms with E-state index < -0.39 is 10.0 Å². The molecule has 0 saturated carbocycles. The lowest BCUT2D eigenvalue weighted by molar-refractivity contribution is 0.0698. The van der Waals surface area contributed by atoms with Gasteiger partial charge in [-0.15, -0.1) is 0 Å². The van der Waals surface area contributed by atoms with E-state index in [4.69, 9.17) is 0 Å². The van der Waals surface area contributed by atoms with Gasteiger partial charge in [0.1, 0.15) is 12.1 Å². The summed E-state index contributed by atoms with van der Waals surface area (Å²) in [7, 11) is -3.53. The van der Waals surface area contributed by atoms with Crippen LogP contribution in [-0.2, 0) is 10.0 Å². The highest BCUT2D eigenvalue weighted by Gasteiger charge is 2.28. The van der Waals surface area contributed by atoms with Crippen molar-refractivity contribution in [2.24, 2.45) is 0 Å². The molecule has 1 aliphatic heterocycles. The molecule has 8 nitrogen and oxygen atoms in total. The number of carbonyl (C=O) groups is 1. The van der Waals surface area contributed by atoms with Gasteiger partial charge in [0.05, 0.1) is 5.56 Å². The molecule has 1 fully saturated rings. The molecule has 9 heteroatoms. The van der Waals surface area contributed by atoms with Crippen LogP contribution in [0.2, 0.25) is 0 Å². The highest BCUT2D eigenvalue weighted by molar-refractivity contribution is 7.92. The van der Waals surface area contributed by atoms with Crippen LogP contribution in [-0.4, -0.2) is 64.2 Å². The zero-order valence-electron chi connectivity index (χ0n) is 16.2. The maximum absolute atomic E-state index is 12.7. The first kappa shape index (κ1) is 20.0. The van der Waals surface area contributed by atoms with Crippen LogP contribution in [0.3, 0.4) is 0 Å². The number of amides is 1. The molecule has 0 spiro atoms. The van der Waals surface area contributed by atoms with Crippen LogP contribution in [0.4, 0.5) is 0 Å². The number of imidazole rings is 1. The Balaban J connectivity index is 1.37. The Morgan fingerprint density at radius 1 is 1.00 bits per heavy atom. The van der Waals surface area contributed by atoms with Crippen molar-refractivity contribution in [3.8, 4) is 5.82 Å². The SMILES string of the molecule is O=C(c1ccc(-n2ccnc2)nc1)N1CCN(S(=O)(=O)/C=C/c2ccccc2)CC1. The lowest BCUT2D eigenvalue weighted by Gasteiger charge is -2.33.